The van der Waals surface area contributed by atoms with Crippen molar-refractivity contribution in [2.75, 3.05) is 19.0 Å². The Labute approximate surface area is 100.0 Å². The molecule has 5 nitrogen and oxygen atoms in total. The first-order valence-electron chi connectivity index (χ1n) is 4.98. The number of methoxy groups -OCH3 is 1. The Morgan fingerprint density at radius 2 is 2.11 bits per heavy atom. The molecule has 0 bridgehead atoms. The van der Waals surface area contributed by atoms with Crippen molar-refractivity contribution < 1.29 is 22.7 Å². The van der Waals surface area contributed by atoms with Crippen molar-refractivity contribution in [1.82, 2.24) is 4.98 Å². The maximum absolute atomic E-state index is 12.5. The SMILES string of the molecule is CCNc1[nH]c(=O)c(C(F)(F)F)cc1C(=O)OC. The summed E-state index contributed by atoms with van der Waals surface area (Å²) in [4.78, 5) is 24.6. The lowest BCUT2D eigenvalue weighted by atomic mass is 10.1. The third-order valence-corrected chi connectivity index (χ3v) is 2.11. The van der Waals surface area contributed by atoms with Gasteiger partial charge in [-0.3, -0.25) is 4.79 Å². The van der Waals surface area contributed by atoms with Crippen LogP contribution in [0.3, 0.4) is 0 Å². The maximum atomic E-state index is 12.5. The number of H-pyrrole nitrogens is 1. The summed E-state index contributed by atoms with van der Waals surface area (Å²) < 4.78 is 41.9. The van der Waals surface area contributed by atoms with Gasteiger partial charge in [-0.25, -0.2) is 4.79 Å². The summed E-state index contributed by atoms with van der Waals surface area (Å²) in [6.45, 7) is 1.99. The molecule has 0 saturated heterocycles. The van der Waals surface area contributed by atoms with Gasteiger partial charge < -0.3 is 15.0 Å². The topological polar surface area (TPSA) is 71.2 Å². The van der Waals surface area contributed by atoms with E-state index in [1.54, 1.807) is 6.92 Å². The van der Waals surface area contributed by atoms with Crippen LogP contribution in [0.1, 0.15) is 22.8 Å². The fourth-order valence-electron chi connectivity index (χ4n) is 1.33. The minimum absolute atomic E-state index is 0.0950. The Morgan fingerprint density at radius 3 is 2.56 bits per heavy atom. The van der Waals surface area contributed by atoms with E-state index in [9.17, 15) is 22.8 Å². The van der Waals surface area contributed by atoms with Crippen molar-refractivity contribution in [3.63, 3.8) is 0 Å². The minimum Gasteiger partial charge on any atom is -0.465 e. The average Bonchev–Trinajstić information content (AvgIpc) is 2.27. The second-order valence-electron chi connectivity index (χ2n) is 3.32. The molecule has 0 saturated carbocycles. The number of pyridine rings is 1. The smallest absolute Gasteiger partial charge is 0.421 e. The lowest BCUT2D eigenvalue weighted by Crippen LogP contribution is -2.25. The third-order valence-electron chi connectivity index (χ3n) is 2.11. The minimum atomic E-state index is -4.83. The summed E-state index contributed by atoms with van der Waals surface area (Å²) in [5, 5.41) is 2.59. The quantitative estimate of drug-likeness (QED) is 0.814. The molecule has 0 aliphatic carbocycles. The van der Waals surface area contributed by atoms with E-state index in [-0.39, 0.29) is 11.4 Å². The van der Waals surface area contributed by atoms with Gasteiger partial charge in [0.05, 0.1) is 7.11 Å². The Balaban J connectivity index is 3.45. The highest BCUT2D eigenvalue weighted by Crippen LogP contribution is 2.28. The van der Waals surface area contributed by atoms with Crippen LogP contribution in [0.25, 0.3) is 0 Å². The highest BCUT2D eigenvalue weighted by Gasteiger charge is 2.35. The molecule has 0 fully saturated rings. The number of carbonyl (C=O) groups is 1. The van der Waals surface area contributed by atoms with Crippen LogP contribution in [0, 0.1) is 0 Å². The number of nitrogens with one attached hydrogen (secondary N) is 2. The highest BCUT2D eigenvalue weighted by molar-refractivity contribution is 5.94. The highest BCUT2D eigenvalue weighted by atomic mass is 19.4. The van der Waals surface area contributed by atoms with Crippen LogP contribution in [0.15, 0.2) is 10.9 Å². The summed E-state index contributed by atoms with van der Waals surface area (Å²) in [7, 11) is 1.04. The number of halogens is 3. The molecule has 8 heteroatoms. The van der Waals surface area contributed by atoms with Crippen molar-refractivity contribution in [1.29, 1.82) is 0 Å². The number of aromatic amines is 1. The van der Waals surface area contributed by atoms with Gasteiger partial charge in [-0.05, 0) is 13.0 Å². The van der Waals surface area contributed by atoms with Crippen LogP contribution in [0.2, 0.25) is 0 Å². The van der Waals surface area contributed by atoms with Crippen molar-refractivity contribution in [2.45, 2.75) is 13.1 Å². The molecule has 0 atom stereocenters. The van der Waals surface area contributed by atoms with Gasteiger partial charge in [0, 0.05) is 6.54 Å². The molecule has 0 radical (unpaired) electrons. The third kappa shape index (κ3) is 2.82. The molecular weight excluding hydrogens is 253 g/mol. The van der Waals surface area contributed by atoms with Gasteiger partial charge in [0.25, 0.3) is 5.56 Å². The zero-order chi connectivity index (χ0) is 13.9. The number of aromatic nitrogens is 1. The average molecular weight is 264 g/mol. The van der Waals surface area contributed by atoms with Gasteiger partial charge in [-0.15, -0.1) is 0 Å². The van der Waals surface area contributed by atoms with Crippen LogP contribution < -0.4 is 10.9 Å². The predicted octanol–water partition coefficient (Wildman–Crippen LogP) is 1.61. The molecule has 0 aliphatic heterocycles. The normalized spacial score (nSPS) is 11.2. The number of hydrogen-bond donors (Lipinski definition) is 2. The zero-order valence-corrected chi connectivity index (χ0v) is 9.64. The molecule has 1 heterocycles. The van der Waals surface area contributed by atoms with E-state index >= 15 is 0 Å². The molecule has 0 aromatic carbocycles. The molecule has 0 unspecified atom stereocenters. The Bertz CT molecular complexity index is 508. The van der Waals surface area contributed by atoms with Crippen LogP contribution in [0.4, 0.5) is 19.0 Å². The molecule has 0 aliphatic rings. The Hall–Kier alpha value is -1.99. The molecule has 0 spiro atoms. The first-order valence-corrected chi connectivity index (χ1v) is 4.98. The monoisotopic (exact) mass is 264 g/mol. The molecule has 1 rings (SSSR count). The first kappa shape index (κ1) is 14.1. The number of alkyl halides is 3. The van der Waals surface area contributed by atoms with Crippen molar-refractivity contribution in [2.24, 2.45) is 0 Å². The van der Waals surface area contributed by atoms with E-state index in [4.69, 9.17) is 0 Å². The van der Waals surface area contributed by atoms with Gasteiger partial charge in [-0.2, -0.15) is 13.2 Å². The van der Waals surface area contributed by atoms with E-state index in [0.717, 1.165) is 7.11 Å². The lowest BCUT2D eigenvalue weighted by molar-refractivity contribution is -0.138. The van der Waals surface area contributed by atoms with Crippen LogP contribution >= 0.6 is 0 Å². The second-order valence-corrected chi connectivity index (χ2v) is 3.32. The number of rotatable bonds is 3. The van der Waals surface area contributed by atoms with E-state index in [1.165, 1.54) is 0 Å². The van der Waals surface area contributed by atoms with Crippen LogP contribution in [-0.2, 0) is 10.9 Å². The molecule has 1 aromatic rings. The van der Waals surface area contributed by atoms with E-state index in [1.807, 2.05) is 4.98 Å². The molecule has 0 amide bonds. The molecule has 100 valence electrons. The molecule has 18 heavy (non-hydrogen) atoms. The molecule has 1 aromatic heterocycles. The lowest BCUT2D eigenvalue weighted by Gasteiger charge is -2.12. The van der Waals surface area contributed by atoms with Gasteiger partial charge in [0.1, 0.15) is 16.9 Å². The second kappa shape index (κ2) is 5.11. The zero-order valence-electron chi connectivity index (χ0n) is 9.64. The summed E-state index contributed by atoms with van der Waals surface area (Å²) >= 11 is 0. The fraction of sp³-hybridized carbons (Fsp3) is 0.400. The number of hydrogen-bond acceptors (Lipinski definition) is 4. The van der Waals surface area contributed by atoms with Crippen molar-refractivity contribution in [3.8, 4) is 0 Å². The largest absolute Gasteiger partial charge is 0.465 e. The number of carbonyl (C=O) groups excluding carboxylic acids is 1. The molecule has 2 N–H and O–H groups in total. The van der Waals surface area contributed by atoms with E-state index in [2.05, 4.69) is 10.1 Å². The van der Waals surface area contributed by atoms with Crippen LogP contribution in [0.5, 0.6) is 0 Å². The number of anilines is 1. The Morgan fingerprint density at radius 1 is 1.50 bits per heavy atom. The van der Waals surface area contributed by atoms with Gasteiger partial charge in [0.15, 0.2) is 0 Å². The standard InChI is InChI=1S/C10H11F3N2O3/c1-3-14-7-5(9(17)18-2)4-6(8(16)15-7)10(11,12)13/h4H,3H2,1-2H3,(H2,14,15,16). The summed E-state index contributed by atoms with van der Waals surface area (Å²) in [6, 6.07) is 0.475. The summed E-state index contributed by atoms with van der Waals surface area (Å²) in [5.41, 5.74) is -3.12. The number of ether oxygens (including phenoxy) is 1. The predicted molar refractivity (Wildman–Crippen MR) is 57.6 cm³/mol. The van der Waals surface area contributed by atoms with Gasteiger partial charge >= 0.3 is 12.1 Å². The van der Waals surface area contributed by atoms with Crippen LogP contribution in [-0.4, -0.2) is 24.6 Å². The maximum Gasteiger partial charge on any atom is 0.421 e. The van der Waals surface area contributed by atoms with Crippen molar-refractivity contribution >= 4 is 11.8 Å². The Kier molecular flexibility index (Phi) is 4.00. The fourth-order valence-corrected chi connectivity index (χ4v) is 1.33. The number of esters is 1. The summed E-state index contributed by atoms with van der Waals surface area (Å²) in [6.07, 6.45) is -4.83. The van der Waals surface area contributed by atoms with Crippen molar-refractivity contribution in [3.05, 3.63) is 27.5 Å². The molecular formula is C10H11F3N2O3. The van der Waals surface area contributed by atoms with Gasteiger partial charge in [0.2, 0.25) is 0 Å². The van der Waals surface area contributed by atoms with Gasteiger partial charge in [-0.1, -0.05) is 0 Å². The first-order chi connectivity index (χ1) is 8.31. The summed E-state index contributed by atoms with van der Waals surface area (Å²) in [5.74, 6) is -1.06. The van der Waals surface area contributed by atoms with E-state index in [0.29, 0.717) is 12.6 Å². The van der Waals surface area contributed by atoms with E-state index < -0.39 is 23.3 Å².